The van der Waals surface area contributed by atoms with Gasteiger partial charge in [0.25, 0.3) is 0 Å². The van der Waals surface area contributed by atoms with E-state index in [-0.39, 0.29) is 0 Å². The van der Waals surface area contributed by atoms with Gasteiger partial charge in [0.2, 0.25) is 0 Å². The molecule has 2 nitrogen and oxygen atoms in total. The van der Waals surface area contributed by atoms with E-state index in [1.54, 1.807) is 0 Å². The quantitative estimate of drug-likeness (QED) is 0.884. The van der Waals surface area contributed by atoms with Gasteiger partial charge < -0.3 is 10.2 Å². The molecule has 0 saturated carbocycles. The Morgan fingerprint density at radius 3 is 2.40 bits per heavy atom. The fraction of sp³-hybridized carbons (Fsp3) is 0.647. The number of aryl methyl sites for hydroxylation is 2. The van der Waals surface area contributed by atoms with E-state index in [1.165, 1.54) is 27.7 Å². The third-order valence-corrected chi connectivity index (χ3v) is 5.70. The summed E-state index contributed by atoms with van der Waals surface area (Å²) in [6, 6.07) is 5.83. The lowest BCUT2D eigenvalue weighted by atomic mass is 9.96. The van der Waals surface area contributed by atoms with Gasteiger partial charge in [0, 0.05) is 35.3 Å². The van der Waals surface area contributed by atoms with E-state index in [1.807, 2.05) is 0 Å². The van der Waals surface area contributed by atoms with E-state index in [9.17, 15) is 0 Å². The number of nitrogens with one attached hydrogen (secondary N) is 1. The van der Waals surface area contributed by atoms with Crippen LogP contribution in [0.25, 0.3) is 0 Å². The molecule has 1 N–H and O–H groups in total. The van der Waals surface area contributed by atoms with E-state index >= 15 is 0 Å². The maximum Gasteiger partial charge on any atom is 0.0438 e. The molecule has 112 valence electrons. The molecular formula is C17H27BrN2. The second kappa shape index (κ2) is 6.48. The molecule has 0 bridgehead atoms. The maximum atomic E-state index is 3.69. The fourth-order valence-electron chi connectivity index (χ4n) is 3.09. The Bertz CT molecular complexity index is 447. The molecule has 20 heavy (non-hydrogen) atoms. The van der Waals surface area contributed by atoms with Crippen LogP contribution in [0.1, 0.15) is 38.3 Å². The molecule has 2 rings (SSSR count). The van der Waals surface area contributed by atoms with Gasteiger partial charge in [-0.3, -0.25) is 0 Å². The molecule has 2 unspecified atom stereocenters. The van der Waals surface area contributed by atoms with Crippen molar-refractivity contribution in [3.05, 3.63) is 27.7 Å². The van der Waals surface area contributed by atoms with Gasteiger partial charge in [0.1, 0.15) is 0 Å². The summed E-state index contributed by atoms with van der Waals surface area (Å²) in [5.41, 5.74) is 4.03. The Kier molecular flexibility index (Phi) is 5.14. The molecule has 1 saturated heterocycles. The van der Waals surface area contributed by atoms with E-state index in [2.05, 4.69) is 72.9 Å². The van der Waals surface area contributed by atoms with Crippen LogP contribution in [0.5, 0.6) is 0 Å². The highest BCUT2D eigenvalue weighted by molar-refractivity contribution is 9.10. The smallest absolute Gasteiger partial charge is 0.0438 e. The minimum atomic E-state index is 0.581. The van der Waals surface area contributed by atoms with Crippen molar-refractivity contribution >= 4 is 21.6 Å². The van der Waals surface area contributed by atoms with Crippen LogP contribution in [0.4, 0.5) is 5.69 Å². The van der Waals surface area contributed by atoms with E-state index in [0.29, 0.717) is 18.0 Å². The average Bonchev–Trinajstić information content (AvgIpc) is 2.43. The third-order valence-electron chi connectivity index (χ3n) is 4.45. The minimum absolute atomic E-state index is 0.581. The third kappa shape index (κ3) is 3.20. The second-order valence-electron chi connectivity index (χ2n) is 6.37. The van der Waals surface area contributed by atoms with Gasteiger partial charge in [-0.1, -0.05) is 36.7 Å². The number of piperazine rings is 1. The molecular weight excluding hydrogens is 312 g/mol. The Morgan fingerprint density at radius 2 is 1.90 bits per heavy atom. The van der Waals surface area contributed by atoms with Gasteiger partial charge in [0.15, 0.2) is 0 Å². The van der Waals surface area contributed by atoms with Crippen LogP contribution in [-0.2, 0) is 0 Å². The number of nitrogens with zero attached hydrogens (tertiary/aromatic N) is 1. The fourth-order valence-corrected chi connectivity index (χ4v) is 3.32. The molecule has 1 heterocycles. The van der Waals surface area contributed by atoms with Crippen molar-refractivity contribution in [2.75, 3.05) is 18.0 Å². The molecule has 1 aliphatic heterocycles. The monoisotopic (exact) mass is 338 g/mol. The van der Waals surface area contributed by atoms with Crippen molar-refractivity contribution in [2.45, 2.75) is 53.1 Å². The second-order valence-corrected chi connectivity index (χ2v) is 7.16. The maximum absolute atomic E-state index is 3.69. The Morgan fingerprint density at radius 1 is 1.30 bits per heavy atom. The van der Waals surface area contributed by atoms with Crippen molar-refractivity contribution in [3.63, 3.8) is 0 Å². The first-order chi connectivity index (χ1) is 9.43. The Labute approximate surface area is 132 Å². The van der Waals surface area contributed by atoms with Gasteiger partial charge in [-0.25, -0.2) is 0 Å². The largest absolute Gasteiger partial charge is 0.365 e. The number of anilines is 1. The first-order valence-corrected chi connectivity index (χ1v) is 8.50. The van der Waals surface area contributed by atoms with E-state index < -0.39 is 0 Å². The van der Waals surface area contributed by atoms with Gasteiger partial charge in [-0.2, -0.15) is 0 Å². The van der Waals surface area contributed by atoms with E-state index in [0.717, 1.165) is 13.1 Å². The molecule has 2 atom stereocenters. The van der Waals surface area contributed by atoms with Crippen molar-refractivity contribution in [1.29, 1.82) is 0 Å². The minimum Gasteiger partial charge on any atom is -0.365 e. The lowest BCUT2D eigenvalue weighted by molar-refractivity contribution is 0.333. The molecule has 3 heteroatoms. The first kappa shape index (κ1) is 15.8. The standard InChI is InChI=1S/C17H27BrN2/c1-6-14-10-20(16(9-19-14)11(2)3)15-7-12(4)17(18)13(5)8-15/h7-8,11,14,16,19H,6,9-10H2,1-5H3. The van der Waals surface area contributed by atoms with Crippen LogP contribution < -0.4 is 10.2 Å². The summed E-state index contributed by atoms with van der Waals surface area (Å²) in [7, 11) is 0. The number of hydrogen-bond acceptors (Lipinski definition) is 2. The van der Waals surface area contributed by atoms with Gasteiger partial charge in [-0.05, 0) is 49.4 Å². The van der Waals surface area contributed by atoms with Crippen molar-refractivity contribution < 1.29 is 0 Å². The molecule has 0 radical (unpaired) electrons. The topological polar surface area (TPSA) is 15.3 Å². The zero-order valence-corrected chi connectivity index (χ0v) is 14.9. The predicted molar refractivity (Wildman–Crippen MR) is 91.7 cm³/mol. The van der Waals surface area contributed by atoms with E-state index in [4.69, 9.17) is 0 Å². The normalized spacial score (nSPS) is 23.4. The summed E-state index contributed by atoms with van der Waals surface area (Å²) >= 11 is 3.68. The first-order valence-electron chi connectivity index (χ1n) is 7.70. The Balaban J connectivity index is 2.35. The highest BCUT2D eigenvalue weighted by Crippen LogP contribution is 2.30. The van der Waals surface area contributed by atoms with Gasteiger partial charge in [0.05, 0.1) is 0 Å². The molecule has 0 aromatic heterocycles. The summed E-state index contributed by atoms with van der Waals surface area (Å²) < 4.78 is 1.24. The van der Waals surface area contributed by atoms with Crippen LogP contribution >= 0.6 is 15.9 Å². The highest BCUT2D eigenvalue weighted by atomic mass is 79.9. The number of halogens is 1. The molecule has 1 aliphatic rings. The average molecular weight is 339 g/mol. The zero-order valence-electron chi connectivity index (χ0n) is 13.3. The molecule has 1 aromatic rings. The summed E-state index contributed by atoms with van der Waals surface area (Å²) in [6.45, 7) is 13.5. The lowest BCUT2D eigenvalue weighted by Gasteiger charge is -2.44. The summed E-state index contributed by atoms with van der Waals surface area (Å²) in [5, 5.41) is 3.69. The molecule has 0 aliphatic carbocycles. The highest BCUT2D eigenvalue weighted by Gasteiger charge is 2.29. The molecule has 0 spiro atoms. The van der Waals surface area contributed by atoms with Crippen LogP contribution in [-0.4, -0.2) is 25.2 Å². The molecule has 1 aromatic carbocycles. The molecule has 0 amide bonds. The summed E-state index contributed by atoms with van der Waals surface area (Å²) in [6.07, 6.45) is 1.19. The number of benzene rings is 1. The zero-order chi connectivity index (χ0) is 14.9. The van der Waals surface area contributed by atoms with Crippen LogP contribution in [0.3, 0.4) is 0 Å². The molecule has 1 fully saturated rings. The van der Waals surface area contributed by atoms with Gasteiger partial charge in [-0.15, -0.1) is 0 Å². The van der Waals surface area contributed by atoms with Crippen LogP contribution in [0, 0.1) is 19.8 Å². The van der Waals surface area contributed by atoms with Crippen LogP contribution in [0.2, 0.25) is 0 Å². The van der Waals surface area contributed by atoms with Crippen LogP contribution in [0.15, 0.2) is 16.6 Å². The predicted octanol–water partition coefficient (Wildman–Crippen LogP) is 4.28. The number of hydrogen-bond donors (Lipinski definition) is 1. The van der Waals surface area contributed by atoms with Crippen molar-refractivity contribution in [2.24, 2.45) is 5.92 Å². The Hall–Kier alpha value is -0.540. The summed E-state index contributed by atoms with van der Waals surface area (Å²) in [5.74, 6) is 0.657. The van der Waals surface area contributed by atoms with Crippen molar-refractivity contribution in [3.8, 4) is 0 Å². The van der Waals surface area contributed by atoms with Crippen molar-refractivity contribution in [1.82, 2.24) is 5.32 Å². The number of rotatable bonds is 3. The van der Waals surface area contributed by atoms with Gasteiger partial charge >= 0.3 is 0 Å². The summed E-state index contributed by atoms with van der Waals surface area (Å²) in [4.78, 5) is 2.61. The lowest BCUT2D eigenvalue weighted by Crippen LogP contribution is -2.58. The SMILES string of the molecule is CCC1CN(c2cc(C)c(Br)c(C)c2)C(C(C)C)CN1.